The molecule has 4 aromatic heterocycles. The minimum absolute atomic E-state index is 0.318. The molecule has 4 heterocycles. The van der Waals surface area contributed by atoms with Crippen molar-refractivity contribution in [3.63, 3.8) is 0 Å². The maximum absolute atomic E-state index is 14.3. The molecule has 6 heteroatoms. The van der Waals surface area contributed by atoms with Gasteiger partial charge in [0.15, 0.2) is 0 Å². The van der Waals surface area contributed by atoms with Gasteiger partial charge in [-0.25, -0.2) is 8.78 Å². The number of fused-ring (bicyclic) bond motifs is 7. The van der Waals surface area contributed by atoms with Crippen molar-refractivity contribution in [1.82, 2.24) is 19.1 Å². The molecule has 7 rings (SSSR count). The third-order valence-electron chi connectivity index (χ3n) is 6.29. The Morgan fingerprint density at radius 3 is 1.97 bits per heavy atom. The van der Waals surface area contributed by atoms with Crippen LogP contribution < -0.4 is 0 Å². The zero-order chi connectivity index (χ0) is 22.8. The summed E-state index contributed by atoms with van der Waals surface area (Å²) in [5.41, 5.74) is 6.19. The van der Waals surface area contributed by atoms with Crippen LogP contribution in [0.5, 0.6) is 0 Å². The largest absolute Gasteiger partial charge is 0.307 e. The van der Waals surface area contributed by atoms with E-state index in [-0.39, 0.29) is 11.6 Å². The Morgan fingerprint density at radius 1 is 0.559 bits per heavy atom. The van der Waals surface area contributed by atoms with E-state index in [4.69, 9.17) is 4.98 Å². The highest BCUT2D eigenvalue weighted by Gasteiger charge is 2.22. The molecule has 0 spiro atoms. The average molecular weight is 446 g/mol. The number of aromatic nitrogens is 4. The predicted octanol–water partition coefficient (Wildman–Crippen LogP) is 6.95. The van der Waals surface area contributed by atoms with Gasteiger partial charge in [0.25, 0.3) is 0 Å². The van der Waals surface area contributed by atoms with Crippen LogP contribution in [0.25, 0.3) is 55.2 Å². The molecule has 0 amide bonds. The molecule has 0 N–H and O–H groups in total. The summed E-state index contributed by atoms with van der Waals surface area (Å²) in [6.45, 7) is 0. The zero-order valence-electron chi connectivity index (χ0n) is 17.8. The molecule has 0 fully saturated rings. The highest BCUT2D eigenvalue weighted by molar-refractivity contribution is 6.21. The minimum Gasteiger partial charge on any atom is -0.307 e. The van der Waals surface area contributed by atoms with Crippen LogP contribution in [0, 0.1) is 11.6 Å². The summed E-state index contributed by atoms with van der Waals surface area (Å²) in [6.07, 6.45) is 3.57. The van der Waals surface area contributed by atoms with Gasteiger partial charge in [0, 0.05) is 34.5 Å². The SMILES string of the molecule is Fc1cccc(-n2c3ccccc3c3cnc4c5ncccc5n(-c5cccc(F)c5)c4c32)c1. The van der Waals surface area contributed by atoms with E-state index in [1.807, 2.05) is 63.9 Å². The molecule has 0 bridgehead atoms. The number of pyridine rings is 2. The molecule has 0 aliphatic carbocycles. The van der Waals surface area contributed by atoms with Gasteiger partial charge in [-0.05, 0) is 54.6 Å². The predicted molar refractivity (Wildman–Crippen MR) is 131 cm³/mol. The van der Waals surface area contributed by atoms with Crippen LogP contribution in [0.3, 0.4) is 0 Å². The molecule has 0 saturated heterocycles. The van der Waals surface area contributed by atoms with Crippen molar-refractivity contribution in [2.45, 2.75) is 0 Å². The molecule has 0 aliphatic heterocycles. The fourth-order valence-electron chi connectivity index (χ4n) is 4.96. The van der Waals surface area contributed by atoms with E-state index in [0.29, 0.717) is 16.9 Å². The van der Waals surface area contributed by atoms with Crippen LogP contribution in [-0.2, 0) is 0 Å². The number of hydrogen-bond acceptors (Lipinski definition) is 2. The molecule has 3 aromatic carbocycles. The van der Waals surface area contributed by atoms with Crippen molar-refractivity contribution in [2.75, 3.05) is 0 Å². The standard InChI is InChI=1S/C28H16F2N4/c29-17-6-3-8-19(14-17)33-23-11-2-1-10-21(23)22-16-32-26-25-24(12-5-13-31-25)34(28(26)27(22)33)20-9-4-7-18(30)15-20/h1-16H. The summed E-state index contributed by atoms with van der Waals surface area (Å²) < 4.78 is 32.7. The summed E-state index contributed by atoms with van der Waals surface area (Å²) in [5, 5.41) is 1.92. The Kier molecular flexibility index (Phi) is 3.88. The van der Waals surface area contributed by atoms with Crippen molar-refractivity contribution in [3.05, 3.63) is 109 Å². The maximum atomic E-state index is 14.3. The van der Waals surface area contributed by atoms with E-state index in [1.165, 1.54) is 24.3 Å². The molecule has 0 saturated carbocycles. The van der Waals surface area contributed by atoms with Gasteiger partial charge in [0.2, 0.25) is 0 Å². The van der Waals surface area contributed by atoms with E-state index in [0.717, 1.165) is 38.4 Å². The topological polar surface area (TPSA) is 35.6 Å². The third kappa shape index (κ3) is 2.56. The first-order chi connectivity index (χ1) is 16.7. The van der Waals surface area contributed by atoms with Gasteiger partial charge in [0.1, 0.15) is 22.7 Å². The lowest BCUT2D eigenvalue weighted by molar-refractivity contribution is 0.626. The lowest BCUT2D eigenvalue weighted by Gasteiger charge is -2.12. The number of para-hydroxylation sites is 1. The van der Waals surface area contributed by atoms with Crippen LogP contribution in [0.4, 0.5) is 8.78 Å². The Bertz CT molecular complexity index is 1760. The highest BCUT2D eigenvalue weighted by atomic mass is 19.1. The fraction of sp³-hybridized carbons (Fsp3) is 0. The highest BCUT2D eigenvalue weighted by Crippen LogP contribution is 2.39. The monoisotopic (exact) mass is 446 g/mol. The van der Waals surface area contributed by atoms with E-state index >= 15 is 0 Å². The molecule has 7 aromatic rings. The molecular formula is C28H16F2N4. The Balaban J connectivity index is 1.79. The quantitative estimate of drug-likeness (QED) is 0.288. The van der Waals surface area contributed by atoms with Crippen LogP contribution in [0.1, 0.15) is 0 Å². The second-order valence-electron chi connectivity index (χ2n) is 8.24. The van der Waals surface area contributed by atoms with E-state index in [2.05, 4.69) is 4.98 Å². The number of benzene rings is 3. The molecule has 0 radical (unpaired) electrons. The Hall–Kier alpha value is -4.58. The van der Waals surface area contributed by atoms with Gasteiger partial charge in [0.05, 0.1) is 22.1 Å². The molecule has 0 unspecified atom stereocenters. The summed E-state index contributed by atoms with van der Waals surface area (Å²) in [4.78, 5) is 9.43. The van der Waals surface area contributed by atoms with Crippen molar-refractivity contribution in [1.29, 1.82) is 0 Å². The van der Waals surface area contributed by atoms with Crippen LogP contribution >= 0.6 is 0 Å². The van der Waals surface area contributed by atoms with Crippen molar-refractivity contribution >= 4 is 43.9 Å². The number of halogens is 2. The number of hydrogen-bond donors (Lipinski definition) is 0. The third-order valence-corrected chi connectivity index (χ3v) is 6.29. The first kappa shape index (κ1) is 18.9. The molecule has 0 atom stereocenters. The van der Waals surface area contributed by atoms with Gasteiger partial charge in [-0.3, -0.25) is 9.97 Å². The summed E-state index contributed by atoms with van der Waals surface area (Å²) in [7, 11) is 0. The van der Waals surface area contributed by atoms with Gasteiger partial charge >= 0.3 is 0 Å². The van der Waals surface area contributed by atoms with Gasteiger partial charge in [-0.2, -0.15) is 0 Å². The van der Waals surface area contributed by atoms with Crippen LogP contribution in [0.2, 0.25) is 0 Å². The number of nitrogens with zero attached hydrogens (tertiary/aromatic N) is 4. The maximum Gasteiger partial charge on any atom is 0.125 e. The fourth-order valence-corrected chi connectivity index (χ4v) is 4.96. The zero-order valence-corrected chi connectivity index (χ0v) is 17.8. The van der Waals surface area contributed by atoms with Crippen molar-refractivity contribution < 1.29 is 8.78 Å². The Labute approximate surface area is 192 Å². The summed E-state index contributed by atoms with van der Waals surface area (Å²) in [6, 6.07) is 24.8. The Morgan fingerprint density at radius 2 is 1.24 bits per heavy atom. The van der Waals surface area contributed by atoms with Gasteiger partial charge in [-0.1, -0.05) is 30.3 Å². The van der Waals surface area contributed by atoms with Crippen molar-refractivity contribution in [2.24, 2.45) is 0 Å². The average Bonchev–Trinajstić information content (AvgIpc) is 3.37. The summed E-state index contributed by atoms with van der Waals surface area (Å²) in [5.74, 6) is -0.650. The van der Waals surface area contributed by atoms with E-state index in [1.54, 1.807) is 18.3 Å². The molecule has 0 aliphatic rings. The molecule has 34 heavy (non-hydrogen) atoms. The van der Waals surface area contributed by atoms with Crippen molar-refractivity contribution in [3.8, 4) is 11.4 Å². The summed E-state index contributed by atoms with van der Waals surface area (Å²) >= 11 is 0. The van der Waals surface area contributed by atoms with Gasteiger partial charge < -0.3 is 9.13 Å². The van der Waals surface area contributed by atoms with E-state index in [9.17, 15) is 8.78 Å². The first-order valence-electron chi connectivity index (χ1n) is 10.9. The smallest absolute Gasteiger partial charge is 0.125 e. The molecule has 4 nitrogen and oxygen atoms in total. The van der Waals surface area contributed by atoms with E-state index < -0.39 is 0 Å². The molecule has 162 valence electrons. The second kappa shape index (κ2) is 6.96. The molecular weight excluding hydrogens is 430 g/mol. The lowest BCUT2D eigenvalue weighted by atomic mass is 10.2. The van der Waals surface area contributed by atoms with Crippen LogP contribution in [-0.4, -0.2) is 19.1 Å². The second-order valence-corrected chi connectivity index (χ2v) is 8.24. The van der Waals surface area contributed by atoms with Crippen LogP contribution in [0.15, 0.2) is 97.3 Å². The minimum atomic E-state index is -0.331. The first-order valence-corrected chi connectivity index (χ1v) is 10.9. The number of rotatable bonds is 2. The van der Waals surface area contributed by atoms with Gasteiger partial charge in [-0.15, -0.1) is 0 Å². The normalized spacial score (nSPS) is 11.8. The lowest BCUT2D eigenvalue weighted by Crippen LogP contribution is -1.99.